The number of nitrogens with one attached hydrogen (secondary N) is 1. The lowest BCUT2D eigenvalue weighted by Crippen LogP contribution is -2.65. The van der Waals surface area contributed by atoms with Crippen molar-refractivity contribution in [3.05, 3.63) is 85.1 Å². The molecule has 552 valence electrons. The standard InChI is InChI=1S/C81H145NO13/c1-3-5-7-9-11-13-15-17-19-21-23-25-27-29-31-32-33-34-35-36-37-38-39-41-43-45-47-49-51-53-55-57-59-61-63-65-73(86)82-69(68-92-80-78(91)76(89)79(72(67-84)94-80)95-81-77(90)75(88)74(87)71(66-83)93-81)70(85)64-62-60-58-56-54-52-50-48-46-44-42-40-30-28-26-24-22-20-18-16-14-12-10-8-6-4-2/h5,7,11,13,17,19,23,25,29,31,54,56,62,64,69-72,74-81,83-85,87-91H,3-4,6,8-10,12,14-16,18,20-22,24,26-28,30,32-53,55,57-61,63,65-68H2,1-2H3,(H,82,86)/b7-5-,13-11-,19-17-,25-23-,31-29-,56-54+,64-62+. The summed E-state index contributed by atoms with van der Waals surface area (Å²) in [6.45, 7) is 2.71. The van der Waals surface area contributed by atoms with E-state index in [2.05, 4.69) is 92.1 Å². The highest BCUT2D eigenvalue weighted by Crippen LogP contribution is 2.30. The second-order valence-corrected chi connectivity index (χ2v) is 27.4. The van der Waals surface area contributed by atoms with Gasteiger partial charge in [-0.25, -0.2) is 0 Å². The van der Waals surface area contributed by atoms with Gasteiger partial charge in [-0.1, -0.05) is 330 Å². The van der Waals surface area contributed by atoms with E-state index in [9.17, 15) is 45.6 Å². The average molecular weight is 1340 g/mol. The molecule has 0 radical (unpaired) electrons. The number of rotatable bonds is 65. The minimum Gasteiger partial charge on any atom is -0.394 e. The molecule has 0 bridgehead atoms. The molecular weight excluding hydrogens is 1190 g/mol. The van der Waals surface area contributed by atoms with E-state index in [-0.39, 0.29) is 18.9 Å². The second kappa shape index (κ2) is 64.5. The molecule has 2 rings (SSSR count). The summed E-state index contributed by atoms with van der Waals surface area (Å²) in [7, 11) is 0. The normalized spacial score (nSPS) is 22.8. The van der Waals surface area contributed by atoms with E-state index < -0.39 is 86.8 Å². The number of ether oxygens (including phenoxy) is 4. The first-order valence-electron chi connectivity index (χ1n) is 39.3. The van der Waals surface area contributed by atoms with E-state index >= 15 is 0 Å². The quantitative estimate of drug-likeness (QED) is 0.0204. The number of hydrogen-bond acceptors (Lipinski definition) is 13. The fourth-order valence-corrected chi connectivity index (χ4v) is 12.6. The number of amides is 1. The molecule has 0 aromatic rings. The molecule has 0 spiro atoms. The molecule has 0 aromatic heterocycles. The summed E-state index contributed by atoms with van der Waals surface area (Å²) >= 11 is 0. The molecule has 0 aromatic carbocycles. The van der Waals surface area contributed by atoms with Crippen LogP contribution in [0.1, 0.15) is 328 Å². The van der Waals surface area contributed by atoms with Gasteiger partial charge >= 0.3 is 0 Å². The zero-order chi connectivity index (χ0) is 68.7. The summed E-state index contributed by atoms with van der Waals surface area (Å²) in [5.74, 6) is -0.246. The number of allylic oxidation sites excluding steroid dienone is 13. The Morgan fingerprint density at radius 1 is 0.389 bits per heavy atom. The molecule has 0 saturated carbocycles. The molecule has 95 heavy (non-hydrogen) atoms. The fourth-order valence-electron chi connectivity index (χ4n) is 12.6. The minimum absolute atomic E-state index is 0.246. The summed E-state index contributed by atoms with van der Waals surface area (Å²) in [6.07, 6.45) is 73.8. The second-order valence-electron chi connectivity index (χ2n) is 27.4. The van der Waals surface area contributed by atoms with Gasteiger partial charge in [-0.15, -0.1) is 0 Å². The van der Waals surface area contributed by atoms with Gasteiger partial charge < -0.3 is 65.1 Å². The molecule has 9 N–H and O–H groups in total. The van der Waals surface area contributed by atoms with Crippen LogP contribution in [0.25, 0.3) is 0 Å². The van der Waals surface area contributed by atoms with E-state index in [1.807, 2.05) is 6.08 Å². The Labute approximate surface area is 580 Å². The van der Waals surface area contributed by atoms with Gasteiger partial charge in [0.1, 0.15) is 48.8 Å². The lowest BCUT2D eigenvalue weighted by molar-refractivity contribution is -0.359. The Morgan fingerprint density at radius 2 is 0.737 bits per heavy atom. The molecular formula is C81H145NO13. The van der Waals surface area contributed by atoms with Crippen LogP contribution in [0.4, 0.5) is 0 Å². The van der Waals surface area contributed by atoms with Crippen molar-refractivity contribution in [3.8, 4) is 0 Å². The third kappa shape index (κ3) is 47.8. The number of aliphatic hydroxyl groups excluding tert-OH is 8. The van der Waals surface area contributed by atoms with Crippen molar-refractivity contribution in [1.29, 1.82) is 0 Å². The van der Waals surface area contributed by atoms with E-state index in [0.29, 0.717) is 12.8 Å². The zero-order valence-electron chi connectivity index (χ0n) is 60.4. The maximum atomic E-state index is 13.4. The lowest BCUT2D eigenvalue weighted by Gasteiger charge is -2.46. The van der Waals surface area contributed by atoms with Gasteiger partial charge in [0.05, 0.1) is 32.0 Å². The highest BCUT2D eigenvalue weighted by atomic mass is 16.7. The summed E-state index contributed by atoms with van der Waals surface area (Å²) in [5, 5.41) is 87.6. The van der Waals surface area contributed by atoms with Gasteiger partial charge in [0.15, 0.2) is 12.6 Å². The molecule has 1 amide bonds. The van der Waals surface area contributed by atoms with Crippen molar-refractivity contribution in [2.24, 2.45) is 0 Å². The Balaban J connectivity index is 1.63. The summed E-state index contributed by atoms with van der Waals surface area (Å²) in [5.41, 5.74) is 0. The largest absolute Gasteiger partial charge is 0.394 e. The fraction of sp³-hybridized carbons (Fsp3) is 0.815. The Kier molecular flexibility index (Phi) is 60.0. The third-order valence-electron chi connectivity index (χ3n) is 18.8. The lowest BCUT2D eigenvalue weighted by atomic mass is 9.97. The van der Waals surface area contributed by atoms with Crippen molar-refractivity contribution >= 4 is 5.91 Å². The van der Waals surface area contributed by atoms with E-state index in [1.54, 1.807) is 6.08 Å². The molecule has 2 heterocycles. The topological polar surface area (TPSA) is 228 Å². The van der Waals surface area contributed by atoms with Crippen LogP contribution in [-0.2, 0) is 23.7 Å². The van der Waals surface area contributed by atoms with Gasteiger partial charge in [-0.05, 0) is 77.0 Å². The van der Waals surface area contributed by atoms with Gasteiger partial charge in [-0.2, -0.15) is 0 Å². The van der Waals surface area contributed by atoms with Crippen LogP contribution in [0.15, 0.2) is 85.1 Å². The molecule has 14 nitrogen and oxygen atoms in total. The molecule has 12 unspecified atom stereocenters. The Bertz CT molecular complexity index is 1920. The molecule has 2 aliphatic heterocycles. The Morgan fingerprint density at radius 3 is 1.16 bits per heavy atom. The number of unbranched alkanes of at least 4 members (excludes halogenated alkanes) is 40. The van der Waals surface area contributed by atoms with Gasteiger partial charge in [0.2, 0.25) is 5.91 Å². The van der Waals surface area contributed by atoms with E-state index in [4.69, 9.17) is 18.9 Å². The van der Waals surface area contributed by atoms with Gasteiger partial charge in [0, 0.05) is 6.42 Å². The van der Waals surface area contributed by atoms with E-state index in [0.717, 1.165) is 64.2 Å². The molecule has 2 saturated heterocycles. The zero-order valence-corrected chi connectivity index (χ0v) is 60.4. The monoisotopic (exact) mass is 1340 g/mol. The van der Waals surface area contributed by atoms with Crippen molar-refractivity contribution < 1.29 is 64.6 Å². The van der Waals surface area contributed by atoms with Crippen molar-refractivity contribution in [2.75, 3.05) is 19.8 Å². The number of aliphatic hydroxyl groups is 8. The van der Waals surface area contributed by atoms with Crippen LogP contribution in [0.5, 0.6) is 0 Å². The first-order chi connectivity index (χ1) is 46.6. The van der Waals surface area contributed by atoms with Gasteiger partial charge in [-0.3, -0.25) is 4.79 Å². The van der Waals surface area contributed by atoms with Crippen molar-refractivity contribution in [2.45, 2.75) is 402 Å². The first-order valence-corrected chi connectivity index (χ1v) is 39.3. The van der Waals surface area contributed by atoms with Crippen LogP contribution in [-0.4, -0.2) is 140 Å². The van der Waals surface area contributed by atoms with Crippen LogP contribution >= 0.6 is 0 Å². The molecule has 2 fully saturated rings. The molecule has 14 heteroatoms. The maximum Gasteiger partial charge on any atom is 0.220 e. The van der Waals surface area contributed by atoms with Crippen LogP contribution in [0.2, 0.25) is 0 Å². The maximum absolute atomic E-state index is 13.4. The summed E-state index contributed by atoms with van der Waals surface area (Å²) in [6, 6.07) is -0.936. The SMILES string of the molecule is CC/C=C\C/C=C\C/C=C\C/C=C\C/C=C\CCCCCCCCCCCCCCCCCCCCCC(=O)NC(COC1OC(CO)C(OC2OC(CO)C(O)C(O)C2O)C(O)C1O)C(O)/C=C/CC/C=C/CCCCCCCCCCCCCCCCCCCCCC. The highest BCUT2D eigenvalue weighted by molar-refractivity contribution is 5.76. The van der Waals surface area contributed by atoms with Crippen LogP contribution in [0, 0.1) is 0 Å². The highest BCUT2D eigenvalue weighted by Gasteiger charge is 2.51. The summed E-state index contributed by atoms with van der Waals surface area (Å²) < 4.78 is 22.9. The average Bonchev–Trinajstić information content (AvgIpc) is 0.800. The molecule has 0 aliphatic carbocycles. The predicted molar refractivity (Wildman–Crippen MR) is 392 cm³/mol. The summed E-state index contributed by atoms with van der Waals surface area (Å²) in [4.78, 5) is 13.4. The van der Waals surface area contributed by atoms with Gasteiger partial charge in [0.25, 0.3) is 0 Å². The number of carbonyl (C=O) groups excluding carboxylic acids is 1. The van der Waals surface area contributed by atoms with Crippen molar-refractivity contribution in [1.82, 2.24) is 5.32 Å². The van der Waals surface area contributed by atoms with Crippen LogP contribution in [0.3, 0.4) is 0 Å². The number of carbonyl (C=O) groups is 1. The predicted octanol–water partition coefficient (Wildman–Crippen LogP) is 17.5. The first kappa shape index (κ1) is 88.3. The molecule has 12 atom stereocenters. The van der Waals surface area contributed by atoms with Crippen molar-refractivity contribution in [3.63, 3.8) is 0 Å². The smallest absolute Gasteiger partial charge is 0.220 e. The number of hydrogen-bond donors (Lipinski definition) is 9. The Hall–Kier alpha value is -2.83. The minimum atomic E-state index is -1.79. The van der Waals surface area contributed by atoms with E-state index in [1.165, 1.54) is 231 Å². The third-order valence-corrected chi connectivity index (χ3v) is 18.8. The molecule has 2 aliphatic rings. The van der Waals surface area contributed by atoms with Crippen LogP contribution < -0.4 is 5.32 Å².